The maximum absolute atomic E-state index is 8.64. The number of nitriles is 2. The largest absolute Gasteiger partial charge is 0.393 e. The summed E-state index contributed by atoms with van der Waals surface area (Å²) in [6, 6.07) is 3.91. The zero-order valence-corrected chi connectivity index (χ0v) is 8.80. The third-order valence-electron chi connectivity index (χ3n) is 1.92. The fourth-order valence-corrected chi connectivity index (χ4v) is 1.21. The van der Waals surface area contributed by atoms with E-state index in [9.17, 15) is 0 Å². The van der Waals surface area contributed by atoms with E-state index in [-0.39, 0.29) is 13.1 Å². The van der Waals surface area contributed by atoms with Crippen LogP contribution in [0.5, 0.6) is 0 Å². The van der Waals surface area contributed by atoms with Crippen molar-refractivity contribution < 1.29 is 0 Å². The van der Waals surface area contributed by atoms with Gasteiger partial charge in [0.25, 0.3) is 0 Å². The van der Waals surface area contributed by atoms with Crippen LogP contribution < -0.4 is 16.0 Å². The van der Waals surface area contributed by atoms with Crippen LogP contribution in [0.25, 0.3) is 0 Å². The highest BCUT2D eigenvalue weighted by Gasteiger charge is 2.13. The van der Waals surface area contributed by atoms with Crippen molar-refractivity contribution in [2.75, 3.05) is 36.1 Å². The number of aromatic nitrogens is 2. The molecule has 0 saturated carbocycles. The fraction of sp³-hybridized carbons (Fsp3) is 0.333. The Bertz CT molecular complexity index is 426. The maximum atomic E-state index is 8.64. The highest BCUT2D eigenvalue weighted by Crippen LogP contribution is 2.24. The number of nitrogens with zero attached hydrogens (tertiary/aromatic N) is 5. The summed E-state index contributed by atoms with van der Waals surface area (Å²) in [4.78, 5) is 9.38. The minimum Gasteiger partial charge on any atom is -0.393 e. The lowest BCUT2D eigenvalue weighted by Crippen LogP contribution is -2.26. The summed E-state index contributed by atoms with van der Waals surface area (Å²) in [5.74, 6) is 0.869. The Hall–Kier alpha value is -2.54. The molecule has 82 valence electrons. The molecule has 1 aromatic rings. The van der Waals surface area contributed by atoms with E-state index in [1.807, 2.05) is 12.1 Å². The van der Waals surface area contributed by atoms with Crippen molar-refractivity contribution in [3.05, 3.63) is 6.33 Å². The molecule has 7 nitrogen and oxygen atoms in total. The van der Waals surface area contributed by atoms with Crippen LogP contribution in [0.15, 0.2) is 6.33 Å². The topological polar surface area (TPSA) is 115 Å². The Balaban J connectivity index is 3.10. The van der Waals surface area contributed by atoms with Gasteiger partial charge in [0.1, 0.15) is 25.1 Å². The first-order valence-corrected chi connectivity index (χ1v) is 4.51. The molecule has 0 spiro atoms. The molecule has 3 N–H and O–H groups in total. The highest BCUT2D eigenvalue weighted by molar-refractivity contribution is 5.75. The SMILES string of the molecule is CNc1ncnc(N(CC#N)CC#N)c1N. The van der Waals surface area contributed by atoms with Gasteiger partial charge in [-0.2, -0.15) is 10.5 Å². The molecule has 0 aromatic carbocycles. The van der Waals surface area contributed by atoms with Crippen molar-refractivity contribution in [1.29, 1.82) is 10.5 Å². The van der Waals surface area contributed by atoms with Gasteiger partial charge in [0.05, 0.1) is 12.1 Å². The zero-order valence-electron chi connectivity index (χ0n) is 8.80. The summed E-state index contributed by atoms with van der Waals surface area (Å²) in [5, 5.41) is 20.1. The van der Waals surface area contributed by atoms with Crippen molar-refractivity contribution in [2.24, 2.45) is 0 Å². The Morgan fingerprint density at radius 2 is 2.00 bits per heavy atom. The van der Waals surface area contributed by atoms with E-state index in [1.54, 1.807) is 7.05 Å². The first-order valence-electron chi connectivity index (χ1n) is 4.51. The molecule has 1 heterocycles. The Morgan fingerprint density at radius 1 is 1.38 bits per heavy atom. The van der Waals surface area contributed by atoms with Gasteiger partial charge in [-0.25, -0.2) is 9.97 Å². The molecule has 0 aliphatic heterocycles. The predicted octanol–water partition coefficient (Wildman–Crippen LogP) is -0.0459. The van der Waals surface area contributed by atoms with Crippen LogP contribution in [0.2, 0.25) is 0 Å². The number of nitrogens with one attached hydrogen (secondary N) is 1. The minimum absolute atomic E-state index is 0.0535. The van der Waals surface area contributed by atoms with Gasteiger partial charge in [0.2, 0.25) is 0 Å². The molecule has 16 heavy (non-hydrogen) atoms. The quantitative estimate of drug-likeness (QED) is 0.679. The lowest BCUT2D eigenvalue weighted by atomic mass is 10.3. The smallest absolute Gasteiger partial charge is 0.159 e. The fourth-order valence-electron chi connectivity index (χ4n) is 1.21. The highest BCUT2D eigenvalue weighted by atomic mass is 15.2. The predicted molar refractivity (Wildman–Crippen MR) is 59.4 cm³/mol. The monoisotopic (exact) mass is 217 g/mol. The van der Waals surface area contributed by atoms with Crippen LogP contribution >= 0.6 is 0 Å². The van der Waals surface area contributed by atoms with E-state index >= 15 is 0 Å². The molecule has 0 unspecified atom stereocenters. The van der Waals surface area contributed by atoms with Crippen molar-refractivity contribution in [2.45, 2.75) is 0 Å². The number of hydrogen-bond donors (Lipinski definition) is 2. The maximum Gasteiger partial charge on any atom is 0.159 e. The van der Waals surface area contributed by atoms with Crippen LogP contribution in [-0.4, -0.2) is 30.1 Å². The molecule has 0 bridgehead atoms. The molecule has 1 aromatic heterocycles. The Kier molecular flexibility index (Phi) is 3.87. The van der Waals surface area contributed by atoms with Crippen molar-refractivity contribution in [1.82, 2.24) is 9.97 Å². The molecule has 0 radical (unpaired) electrons. The molecule has 1 rings (SSSR count). The Morgan fingerprint density at radius 3 is 2.50 bits per heavy atom. The van der Waals surface area contributed by atoms with Gasteiger partial charge in [-0.05, 0) is 0 Å². The summed E-state index contributed by atoms with van der Waals surface area (Å²) in [6.45, 7) is 0.107. The van der Waals surface area contributed by atoms with Gasteiger partial charge in [-0.1, -0.05) is 0 Å². The molecular formula is C9H11N7. The van der Waals surface area contributed by atoms with Gasteiger partial charge in [0, 0.05) is 7.05 Å². The Labute approximate surface area is 93.1 Å². The molecule has 0 saturated heterocycles. The van der Waals surface area contributed by atoms with E-state index in [0.29, 0.717) is 17.3 Å². The second-order valence-corrected chi connectivity index (χ2v) is 2.88. The van der Waals surface area contributed by atoms with Gasteiger partial charge < -0.3 is 16.0 Å². The number of hydrogen-bond acceptors (Lipinski definition) is 7. The van der Waals surface area contributed by atoms with Crippen LogP contribution in [0.4, 0.5) is 17.3 Å². The van der Waals surface area contributed by atoms with Gasteiger partial charge >= 0.3 is 0 Å². The molecule has 0 amide bonds. The molecule has 0 aliphatic rings. The lowest BCUT2D eigenvalue weighted by molar-refractivity contribution is 0.929. The summed E-state index contributed by atoms with van der Waals surface area (Å²) < 4.78 is 0. The molecule has 0 aliphatic carbocycles. The van der Waals surface area contributed by atoms with Crippen molar-refractivity contribution >= 4 is 17.3 Å². The summed E-state index contributed by atoms with van der Waals surface area (Å²) >= 11 is 0. The molecular weight excluding hydrogens is 206 g/mol. The van der Waals surface area contributed by atoms with Crippen LogP contribution in [-0.2, 0) is 0 Å². The first kappa shape index (κ1) is 11.5. The number of nitrogen functional groups attached to an aromatic ring is 1. The molecule has 0 fully saturated rings. The molecule has 7 heteroatoms. The average Bonchev–Trinajstić information content (AvgIpc) is 2.29. The number of rotatable bonds is 4. The summed E-state index contributed by atoms with van der Waals surface area (Å²) in [5.41, 5.74) is 6.14. The summed E-state index contributed by atoms with van der Waals surface area (Å²) in [7, 11) is 1.68. The number of anilines is 3. The van der Waals surface area contributed by atoms with Crippen LogP contribution in [0.3, 0.4) is 0 Å². The standard InChI is InChI=1S/C9H11N7/c1-13-8-7(12)9(15-6-14-8)16(4-2-10)5-3-11/h6H,4-5,12H2,1H3,(H,13,14,15). The van der Waals surface area contributed by atoms with E-state index in [2.05, 4.69) is 15.3 Å². The minimum atomic E-state index is 0.0535. The third-order valence-corrected chi connectivity index (χ3v) is 1.92. The van der Waals surface area contributed by atoms with Crippen LogP contribution in [0, 0.1) is 22.7 Å². The van der Waals surface area contributed by atoms with Crippen molar-refractivity contribution in [3.63, 3.8) is 0 Å². The van der Waals surface area contributed by atoms with Gasteiger partial charge in [-0.3, -0.25) is 0 Å². The lowest BCUT2D eigenvalue weighted by Gasteiger charge is -2.19. The third kappa shape index (κ3) is 2.28. The van der Waals surface area contributed by atoms with Gasteiger partial charge in [0.15, 0.2) is 11.6 Å². The molecule has 0 atom stereocenters. The van der Waals surface area contributed by atoms with E-state index in [4.69, 9.17) is 16.3 Å². The van der Waals surface area contributed by atoms with Gasteiger partial charge in [-0.15, -0.1) is 0 Å². The normalized spacial score (nSPS) is 8.94. The summed E-state index contributed by atoms with van der Waals surface area (Å²) in [6.07, 6.45) is 1.33. The first-order chi connectivity index (χ1) is 7.74. The van der Waals surface area contributed by atoms with Crippen molar-refractivity contribution in [3.8, 4) is 12.1 Å². The zero-order chi connectivity index (χ0) is 12.0. The second kappa shape index (κ2) is 5.37. The van der Waals surface area contributed by atoms with E-state index in [0.717, 1.165) is 0 Å². The van der Waals surface area contributed by atoms with E-state index < -0.39 is 0 Å². The number of nitrogens with two attached hydrogens (primary N) is 1. The second-order valence-electron chi connectivity index (χ2n) is 2.88. The average molecular weight is 217 g/mol. The van der Waals surface area contributed by atoms with Crippen LogP contribution in [0.1, 0.15) is 0 Å². The van der Waals surface area contributed by atoms with E-state index in [1.165, 1.54) is 11.2 Å².